The maximum absolute atomic E-state index is 5.61. The minimum absolute atomic E-state index is 0.870. The van der Waals surface area contributed by atoms with Gasteiger partial charge in [0.15, 0.2) is 0 Å². The van der Waals surface area contributed by atoms with Crippen LogP contribution in [0.5, 0.6) is 0 Å². The van der Waals surface area contributed by atoms with Crippen LogP contribution in [0.1, 0.15) is 5.76 Å². The first-order valence-electron chi connectivity index (χ1n) is 5.54. The van der Waals surface area contributed by atoms with Crippen LogP contribution in [0, 0.1) is 6.92 Å². The van der Waals surface area contributed by atoms with Crippen LogP contribution in [0.25, 0.3) is 22.6 Å². The van der Waals surface area contributed by atoms with E-state index in [1.54, 1.807) is 6.26 Å². The normalized spacial score (nSPS) is 10.6. The van der Waals surface area contributed by atoms with Crippen LogP contribution >= 0.6 is 0 Å². The van der Waals surface area contributed by atoms with Gasteiger partial charge in [0.25, 0.3) is 0 Å². The lowest BCUT2D eigenvalue weighted by Crippen LogP contribution is -1.77. The second-order valence-electron chi connectivity index (χ2n) is 3.97. The summed E-state index contributed by atoms with van der Waals surface area (Å²) in [5, 5.41) is 0. The van der Waals surface area contributed by atoms with Gasteiger partial charge in [0, 0.05) is 11.1 Å². The Morgan fingerprint density at radius 3 is 2.29 bits per heavy atom. The summed E-state index contributed by atoms with van der Waals surface area (Å²) in [6.07, 6.45) is 1.68. The highest BCUT2D eigenvalue weighted by Gasteiger charge is 2.05. The molecule has 0 atom stereocenters. The lowest BCUT2D eigenvalue weighted by Gasteiger charge is -2.00. The number of hydrogen-bond donors (Lipinski definition) is 0. The lowest BCUT2D eigenvalue weighted by molar-refractivity contribution is 0.548. The molecule has 2 nitrogen and oxygen atoms in total. The van der Waals surface area contributed by atoms with Crippen LogP contribution in [0.3, 0.4) is 0 Å². The molecule has 0 aliphatic carbocycles. The molecule has 0 bridgehead atoms. The summed E-state index contributed by atoms with van der Waals surface area (Å²) in [5.74, 6) is 2.68. The smallest absolute Gasteiger partial charge is 0.134 e. The van der Waals surface area contributed by atoms with Crippen molar-refractivity contribution in [2.24, 2.45) is 0 Å². The van der Waals surface area contributed by atoms with Crippen molar-refractivity contribution in [3.8, 4) is 22.6 Å². The van der Waals surface area contributed by atoms with E-state index < -0.39 is 0 Å². The summed E-state index contributed by atoms with van der Waals surface area (Å²) in [5.41, 5.74) is 2.12. The molecule has 2 aromatic heterocycles. The van der Waals surface area contributed by atoms with Crippen molar-refractivity contribution in [1.82, 2.24) is 0 Å². The summed E-state index contributed by atoms with van der Waals surface area (Å²) in [7, 11) is 0. The summed E-state index contributed by atoms with van der Waals surface area (Å²) in [6.45, 7) is 1.94. The van der Waals surface area contributed by atoms with Gasteiger partial charge in [0.05, 0.1) is 6.26 Å². The minimum atomic E-state index is 0.870. The Kier molecular flexibility index (Phi) is 2.33. The zero-order valence-electron chi connectivity index (χ0n) is 9.51. The molecule has 0 fully saturated rings. The standard InChI is InChI=1S/C15H12O2/c1-11-7-8-15(17-11)13-5-2-4-12(10-13)14-6-3-9-16-14/h2-10H,1H3. The molecule has 0 saturated carbocycles. The van der Waals surface area contributed by atoms with Crippen molar-refractivity contribution in [2.45, 2.75) is 6.92 Å². The molecule has 0 spiro atoms. The highest BCUT2D eigenvalue weighted by molar-refractivity contribution is 5.67. The van der Waals surface area contributed by atoms with Crippen molar-refractivity contribution < 1.29 is 8.83 Å². The molecule has 0 aliphatic heterocycles. The Bertz CT molecular complexity index is 618. The molecule has 0 saturated heterocycles. The van der Waals surface area contributed by atoms with Gasteiger partial charge in [0.2, 0.25) is 0 Å². The van der Waals surface area contributed by atoms with E-state index in [2.05, 4.69) is 6.07 Å². The predicted octanol–water partition coefficient (Wildman–Crippen LogP) is 4.52. The maximum atomic E-state index is 5.61. The average Bonchev–Trinajstić information content (AvgIpc) is 3.00. The largest absolute Gasteiger partial charge is 0.464 e. The molecular formula is C15H12O2. The fourth-order valence-corrected chi connectivity index (χ4v) is 1.86. The second-order valence-corrected chi connectivity index (χ2v) is 3.97. The molecule has 2 heterocycles. The summed E-state index contributed by atoms with van der Waals surface area (Å²) in [6, 6.07) is 15.9. The van der Waals surface area contributed by atoms with Gasteiger partial charge in [-0.05, 0) is 37.3 Å². The van der Waals surface area contributed by atoms with Crippen molar-refractivity contribution in [3.63, 3.8) is 0 Å². The van der Waals surface area contributed by atoms with Crippen LogP contribution in [-0.4, -0.2) is 0 Å². The number of aryl methyl sites for hydroxylation is 1. The molecule has 3 rings (SSSR count). The van der Waals surface area contributed by atoms with Crippen molar-refractivity contribution >= 4 is 0 Å². The van der Waals surface area contributed by atoms with E-state index in [-0.39, 0.29) is 0 Å². The Morgan fingerprint density at radius 2 is 1.65 bits per heavy atom. The minimum Gasteiger partial charge on any atom is -0.464 e. The van der Waals surface area contributed by atoms with Crippen LogP contribution < -0.4 is 0 Å². The Hall–Kier alpha value is -2.22. The van der Waals surface area contributed by atoms with Gasteiger partial charge in [-0.1, -0.05) is 18.2 Å². The van der Waals surface area contributed by atoms with Crippen molar-refractivity contribution in [3.05, 3.63) is 60.6 Å². The van der Waals surface area contributed by atoms with E-state index >= 15 is 0 Å². The van der Waals surface area contributed by atoms with E-state index in [0.29, 0.717) is 0 Å². The summed E-state index contributed by atoms with van der Waals surface area (Å²) < 4.78 is 11.0. The SMILES string of the molecule is Cc1ccc(-c2cccc(-c3ccco3)c2)o1. The maximum Gasteiger partial charge on any atom is 0.134 e. The van der Waals surface area contributed by atoms with Crippen molar-refractivity contribution in [2.75, 3.05) is 0 Å². The third-order valence-electron chi connectivity index (χ3n) is 2.69. The third kappa shape index (κ3) is 1.89. The average molecular weight is 224 g/mol. The third-order valence-corrected chi connectivity index (χ3v) is 2.69. The van der Waals surface area contributed by atoms with Crippen LogP contribution in [0.4, 0.5) is 0 Å². The molecule has 0 unspecified atom stereocenters. The van der Waals surface area contributed by atoms with E-state index in [9.17, 15) is 0 Å². The number of benzene rings is 1. The van der Waals surface area contributed by atoms with Crippen molar-refractivity contribution in [1.29, 1.82) is 0 Å². The zero-order chi connectivity index (χ0) is 11.7. The fourth-order valence-electron chi connectivity index (χ4n) is 1.86. The molecule has 84 valence electrons. The van der Waals surface area contributed by atoms with E-state index in [1.165, 1.54) is 0 Å². The molecule has 17 heavy (non-hydrogen) atoms. The summed E-state index contributed by atoms with van der Waals surface area (Å²) in [4.78, 5) is 0. The molecule has 0 aliphatic rings. The van der Waals surface area contributed by atoms with Gasteiger partial charge in [0.1, 0.15) is 17.3 Å². The molecule has 0 N–H and O–H groups in total. The molecule has 3 aromatic rings. The number of furan rings is 2. The Balaban J connectivity index is 2.05. The lowest BCUT2D eigenvalue weighted by atomic mass is 10.1. The predicted molar refractivity (Wildman–Crippen MR) is 66.6 cm³/mol. The number of hydrogen-bond acceptors (Lipinski definition) is 2. The molecule has 1 aromatic carbocycles. The first kappa shape index (κ1) is 9.97. The van der Waals surface area contributed by atoms with E-state index in [1.807, 2.05) is 49.4 Å². The van der Waals surface area contributed by atoms with Crippen LogP contribution in [0.15, 0.2) is 63.6 Å². The quantitative estimate of drug-likeness (QED) is 0.640. The van der Waals surface area contributed by atoms with E-state index in [0.717, 1.165) is 28.4 Å². The van der Waals surface area contributed by atoms with Gasteiger partial charge < -0.3 is 8.83 Å². The number of rotatable bonds is 2. The van der Waals surface area contributed by atoms with Crippen LogP contribution in [-0.2, 0) is 0 Å². The van der Waals surface area contributed by atoms with E-state index in [4.69, 9.17) is 8.83 Å². The van der Waals surface area contributed by atoms with Gasteiger partial charge in [-0.25, -0.2) is 0 Å². The first-order chi connectivity index (χ1) is 8.33. The monoisotopic (exact) mass is 224 g/mol. The molecular weight excluding hydrogens is 212 g/mol. The zero-order valence-corrected chi connectivity index (χ0v) is 9.51. The highest BCUT2D eigenvalue weighted by atomic mass is 16.3. The molecule has 2 heteroatoms. The topological polar surface area (TPSA) is 26.3 Å². The first-order valence-corrected chi connectivity index (χ1v) is 5.54. The Labute approximate surface area is 99.5 Å². The van der Waals surface area contributed by atoms with Gasteiger partial charge in [-0.15, -0.1) is 0 Å². The fraction of sp³-hybridized carbons (Fsp3) is 0.0667. The Morgan fingerprint density at radius 1 is 0.824 bits per heavy atom. The van der Waals surface area contributed by atoms with Gasteiger partial charge in [-0.3, -0.25) is 0 Å². The molecule has 0 amide bonds. The highest BCUT2D eigenvalue weighted by Crippen LogP contribution is 2.27. The molecule has 0 radical (unpaired) electrons. The van der Waals surface area contributed by atoms with Crippen LogP contribution in [0.2, 0.25) is 0 Å². The second kappa shape index (κ2) is 3.98. The summed E-state index contributed by atoms with van der Waals surface area (Å²) >= 11 is 0. The van der Waals surface area contributed by atoms with Gasteiger partial charge >= 0.3 is 0 Å². The van der Waals surface area contributed by atoms with Gasteiger partial charge in [-0.2, -0.15) is 0 Å².